The summed E-state index contributed by atoms with van der Waals surface area (Å²) >= 11 is 0. The Labute approximate surface area is 159 Å². The number of fused-ring (bicyclic) bond motifs is 2. The lowest BCUT2D eigenvalue weighted by molar-refractivity contribution is 0.124. The summed E-state index contributed by atoms with van der Waals surface area (Å²) in [5.41, 5.74) is 3.05. The first kappa shape index (κ1) is 17.8. The highest BCUT2D eigenvalue weighted by molar-refractivity contribution is 5.84. The van der Waals surface area contributed by atoms with E-state index in [1.807, 2.05) is 0 Å². The van der Waals surface area contributed by atoms with E-state index in [-0.39, 0.29) is 0 Å². The molecule has 0 aromatic heterocycles. The highest BCUT2D eigenvalue weighted by Gasteiger charge is 2.34. The van der Waals surface area contributed by atoms with E-state index < -0.39 is 0 Å². The molecule has 2 aliphatic rings. The minimum absolute atomic E-state index is 0.795. The van der Waals surface area contributed by atoms with Crippen LogP contribution in [0.15, 0.2) is 48.6 Å². The van der Waals surface area contributed by atoms with Gasteiger partial charge in [-0.15, -0.1) is 0 Å². The number of rotatable bonds is 4. The molecule has 2 fully saturated rings. The molecule has 0 nitrogen and oxygen atoms in total. The van der Waals surface area contributed by atoms with E-state index in [9.17, 15) is 0 Å². The molecule has 138 valence electrons. The summed E-state index contributed by atoms with van der Waals surface area (Å²) < 4.78 is 0. The van der Waals surface area contributed by atoms with Crippen LogP contribution in [-0.4, -0.2) is 0 Å². The third-order valence-corrected chi connectivity index (χ3v) is 7.11. The van der Waals surface area contributed by atoms with Crippen molar-refractivity contribution in [3.63, 3.8) is 0 Å². The van der Waals surface area contributed by atoms with Gasteiger partial charge in [0, 0.05) is 0 Å². The maximum absolute atomic E-state index is 2.49. The quantitative estimate of drug-likeness (QED) is 0.498. The smallest absolute Gasteiger partial charge is 0.0159 e. The highest BCUT2D eigenvalue weighted by Crippen LogP contribution is 2.47. The Balaban J connectivity index is 1.48. The predicted octanol–water partition coefficient (Wildman–Crippen LogP) is 7.67. The van der Waals surface area contributed by atoms with Gasteiger partial charge in [-0.05, 0) is 97.4 Å². The van der Waals surface area contributed by atoms with Crippen LogP contribution in [0, 0.1) is 17.8 Å². The molecule has 0 aliphatic heterocycles. The van der Waals surface area contributed by atoms with Gasteiger partial charge in [0.1, 0.15) is 0 Å². The number of hydrogen-bond acceptors (Lipinski definition) is 0. The van der Waals surface area contributed by atoms with Gasteiger partial charge in [0.05, 0.1) is 0 Å². The molecule has 2 saturated carbocycles. The Kier molecular flexibility index (Phi) is 5.48. The maximum atomic E-state index is 2.49. The van der Waals surface area contributed by atoms with Gasteiger partial charge >= 0.3 is 0 Å². The molecule has 0 N–H and O–H groups in total. The first-order chi connectivity index (χ1) is 12.7. The summed E-state index contributed by atoms with van der Waals surface area (Å²) in [5, 5.41) is 2.84. The fourth-order valence-corrected chi connectivity index (χ4v) is 5.57. The molecule has 2 aromatic carbocycles. The second kappa shape index (κ2) is 7.99. The van der Waals surface area contributed by atoms with Gasteiger partial charge in [-0.3, -0.25) is 0 Å². The third-order valence-electron chi connectivity index (χ3n) is 7.11. The largest absolute Gasteiger partial charge is 0.0917 e. The molecular weight excluding hydrogens is 312 g/mol. The minimum atomic E-state index is 0.795. The van der Waals surface area contributed by atoms with Gasteiger partial charge in [0.25, 0.3) is 0 Å². The monoisotopic (exact) mass is 346 g/mol. The van der Waals surface area contributed by atoms with Crippen LogP contribution in [0.2, 0.25) is 0 Å². The number of aryl methyl sites for hydroxylation is 1. The van der Waals surface area contributed by atoms with Crippen LogP contribution in [0.25, 0.3) is 10.8 Å². The molecule has 4 atom stereocenters. The molecule has 2 aliphatic carbocycles. The molecule has 0 bridgehead atoms. The van der Waals surface area contributed by atoms with E-state index in [4.69, 9.17) is 0 Å². The van der Waals surface area contributed by atoms with E-state index in [2.05, 4.69) is 62.4 Å². The van der Waals surface area contributed by atoms with Crippen LogP contribution in [0.4, 0.5) is 0 Å². The summed E-state index contributed by atoms with van der Waals surface area (Å²) in [7, 11) is 0. The SMILES string of the molecule is C/C=C/CCc1ccc2cc(C3CCC4CC(C)CCC4C3)ccc2c1. The Bertz CT molecular complexity index is 769. The van der Waals surface area contributed by atoms with Crippen LogP contribution in [-0.2, 0) is 6.42 Å². The summed E-state index contributed by atoms with van der Waals surface area (Å²) in [5.74, 6) is 3.78. The molecule has 0 heteroatoms. The van der Waals surface area contributed by atoms with Crippen molar-refractivity contribution in [1.29, 1.82) is 0 Å². The van der Waals surface area contributed by atoms with Crippen LogP contribution in [0.5, 0.6) is 0 Å². The third kappa shape index (κ3) is 3.90. The average molecular weight is 347 g/mol. The zero-order chi connectivity index (χ0) is 17.9. The molecule has 0 heterocycles. The molecule has 2 aromatic rings. The average Bonchev–Trinajstić information content (AvgIpc) is 2.67. The first-order valence-corrected chi connectivity index (χ1v) is 10.9. The van der Waals surface area contributed by atoms with Gasteiger partial charge in [0.2, 0.25) is 0 Å². The van der Waals surface area contributed by atoms with Crippen molar-refractivity contribution >= 4 is 10.8 Å². The first-order valence-electron chi connectivity index (χ1n) is 10.9. The van der Waals surface area contributed by atoms with E-state index in [1.54, 1.807) is 5.56 Å². The number of allylic oxidation sites excluding steroid dienone is 2. The van der Waals surface area contributed by atoms with Crippen LogP contribution < -0.4 is 0 Å². The van der Waals surface area contributed by atoms with Crippen molar-refractivity contribution in [3.05, 3.63) is 59.7 Å². The summed E-state index contributed by atoms with van der Waals surface area (Å²) in [6.07, 6.45) is 15.4. The second-order valence-corrected chi connectivity index (χ2v) is 9.00. The lowest BCUT2D eigenvalue weighted by Gasteiger charge is -2.41. The number of hydrogen-bond donors (Lipinski definition) is 0. The predicted molar refractivity (Wildman–Crippen MR) is 114 cm³/mol. The Hall–Kier alpha value is -1.56. The van der Waals surface area contributed by atoms with Gasteiger partial charge in [-0.2, -0.15) is 0 Å². The van der Waals surface area contributed by atoms with Crippen LogP contribution in [0.1, 0.15) is 75.8 Å². The zero-order valence-corrected chi connectivity index (χ0v) is 16.6. The molecule has 4 unspecified atom stereocenters. The van der Waals surface area contributed by atoms with Crippen LogP contribution in [0.3, 0.4) is 0 Å². The Morgan fingerprint density at radius 3 is 2.54 bits per heavy atom. The van der Waals surface area contributed by atoms with Gasteiger partial charge in [0.15, 0.2) is 0 Å². The van der Waals surface area contributed by atoms with E-state index in [1.165, 1.54) is 54.9 Å². The van der Waals surface area contributed by atoms with Crippen molar-refractivity contribution < 1.29 is 0 Å². The van der Waals surface area contributed by atoms with E-state index in [0.717, 1.165) is 36.5 Å². The Morgan fingerprint density at radius 1 is 0.885 bits per heavy atom. The second-order valence-electron chi connectivity index (χ2n) is 9.00. The minimum Gasteiger partial charge on any atom is -0.0917 e. The standard InChI is InChI=1S/C26H34/c1-3-4-5-6-20-8-10-24-18-26(14-12-22(24)16-20)25-13-11-21-15-19(2)7-9-23(21)17-25/h3-4,8,10,12,14,16,18-19,21,23,25H,5-7,9,11,13,15,17H2,1-2H3/b4-3+. The maximum Gasteiger partial charge on any atom is -0.0159 e. The summed E-state index contributed by atoms with van der Waals surface area (Å²) in [6, 6.07) is 14.4. The van der Waals surface area contributed by atoms with E-state index >= 15 is 0 Å². The molecule has 4 rings (SSSR count). The van der Waals surface area contributed by atoms with Crippen molar-refractivity contribution in [1.82, 2.24) is 0 Å². The molecule has 0 amide bonds. The van der Waals surface area contributed by atoms with Gasteiger partial charge in [-0.25, -0.2) is 0 Å². The Morgan fingerprint density at radius 2 is 1.65 bits per heavy atom. The highest BCUT2D eigenvalue weighted by atomic mass is 14.4. The summed E-state index contributed by atoms with van der Waals surface area (Å²) in [4.78, 5) is 0. The lowest BCUT2D eigenvalue weighted by Crippen LogP contribution is -2.29. The van der Waals surface area contributed by atoms with Crippen LogP contribution >= 0.6 is 0 Å². The fourth-order valence-electron chi connectivity index (χ4n) is 5.57. The van der Waals surface area contributed by atoms with Crippen molar-refractivity contribution in [3.8, 4) is 0 Å². The lowest BCUT2D eigenvalue weighted by atomic mass is 9.64. The molecular formula is C26H34. The van der Waals surface area contributed by atoms with Gasteiger partial charge < -0.3 is 0 Å². The zero-order valence-electron chi connectivity index (χ0n) is 16.6. The van der Waals surface area contributed by atoms with Crippen molar-refractivity contribution in [2.45, 2.75) is 71.1 Å². The fraction of sp³-hybridized carbons (Fsp3) is 0.538. The van der Waals surface area contributed by atoms with Gasteiger partial charge in [-0.1, -0.05) is 61.9 Å². The van der Waals surface area contributed by atoms with E-state index in [0.29, 0.717) is 0 Å². The number of benzene rings is 2. The van der Waals surface area contributed by atoms with Crippen molar-refractivity contribution in [2.75, 3.05) is 0 Å². The topological polar surface area (TPSA) is 0 Å². The molecule has 0 spiro atoms. The molecule has 0 saturated heterocycles. The summed E-state index contributed by atoms with van der Waals surface area (Å²) in [6.45, 7) is 4.56. The normalized spacial score (nSPS) is 29.2. The van der Waals surface area contributed by atoms with Crippen molar-refractivity contribution in [2.24, 2.45) is 17.8 Å². The molecule has 0 radical (unpaired) electrons. The molecule has 26 heavy (non-hydrogen) atoms.